The van der Waals surface area contributed by atoms with Crippen LogP contribution in [0.15, 0.2) is 34.6 Å². The van der Waals surface area contributed by atoms with E-state index in [1.54, 1.807) is 28.8 Å². The second kappa shape index (κ2) is 5.33. The smallest absolute Gasteiger partial charge is 0.279 e. The minimum absolute atomic E-state index is 0.154. The highest BCUT2D eigenvalue weighted by Gasteiger charge is 2.31. The van der Waals surface area contributed by atoms with Crippen LogP contribution in [0.1, 0.15) is 23.5 Å². The molecule has 1 aromatic carbocycles. The van der Waals surface area contributed by atoms with Crippen molar-refractivity contribution >= 4 is 51.2 Å². The number of hydrogen-bond acceptors (Lipinski definition) is 4. The first-order valence-corrected chi connectivity index (χ1v) is 8.42. The molecule has 0 radical (unpaired) electrons. The van der Waals surface area contributed by atoms with Crippen molar-refractivity contribution in [2.45, 2.75) is 12.3 Å². The highest BCUT2D eigenvalue weighted by molar-refractivity contribution is 7.15. The maximum absolute atomic E-state index is 12.5. The summed E-state index contributed by atoms with van der Waals surface area (Å²) in [5, 5.41) is 5.42. The van der Waals surface area contributed by atoms with E-state index < -0.39 is 5.92 Å². The summed E-state index contributed by atoms with van der Waals surface area (Å²) < 4.78 is 1.73. The molecule has 1 unspecified atom stereocenters. The summed E-state index contributed by atoms with van der Waals surface area (Å²) in [6.45, 7) is 0. The van der Waals surface area contributed by atoms with E-state index in [4.69, 9.17) is 23.2 Å². The molecule has 2 aromatic heterocycles. The SMILES string of the molecule is O=C1CC(c2ccc(Cl)c(Cl)c2)c2c(n3ccsc3nc2=O)N1. The number of aromatic nitrogens is 2. The van der Waals surface area contributed by atoms with E-state index in [-0.39, 0.29) is 17.9 Å². The summed E-state index contributed by atoms with van der Waals surface area (Å²) in [6.07, 6.45) is 1.95. The van der Waals surface area contributed by atoms with E-state index in [1.807, 2.05) is 5.38 Å². The van der Waals surface area contributed by atoms with Gasteiger partial charge >= 0.3 is 0 Å². The van der Waals surface area contributed by atoms with Crippen molar-refractivity contribution < 1.29 is 4.79 Å². The molecule has 0 bridgehead atoms. The number of carbonyl (C=O) groups is 1. The maximum Gasteiger partial charge on any atom is 0.279 e. The van der Waals surface area contributed by atoms with Gasteiger partial charge in [0, 0.05) is 23.9 Å². The van der Waals surface area contributed by atoms with Crippen molar-refractivity contribution in [2.24, 2.45) is 0 Å². The summed E-state index contributed by atoms with van der Waals surface area (Å²) in [4.78, 5) is 29.3. The van der Waals surface area contributed by atoms with Crippen LogP contribution in [-0.2, 0) is 4.79 Å². The van der Waals surface area contributed by atoms with Crippen molar-refractivity contribution in [3.8, 4) is 0 Å². The van der Waals surface area contributed by atoms with Gasteiger partial charge in [-0.3, -0.25) is 14.0 Å². The third-order valence-electron chi connectivity index (χ3n) is 3.85. The first kappa shape index (κ1) is 14.7. The van der Waals surface area contributed by atoms with Gasteiger partial charge in [0.05, 0.1) is 15.6 Å². The van der Waals surface area contributed by atoms with Gasteiger partial charge in [-0.2, -0.15) is 4.98 Å². The van der Waals surface area contributed by atoms with E-state index in [0.717, 1.165) is 5.56 Å². The molecule has 4 rings (SSSR count). The van der Waals surface area contributed by atoms with Gasteiger partial charge in [-0.05, 0) is 17.7 Å². The molecule has 0 aliphatic carbocycles. The fourth-order valence-electron chi connectivity index (χ4n) is 2.83. The standard InChI is InChI=1S/C15H9Cl2N3O2S/c16-9-2-1-7(5-10(9)17)8-6-11(21)18-13-12(8)14(22)19-15-20(13)3-4-23-15/h1-5,8H,6H2,(H,18,21). The molecule has 0 saturated heterocycles. The first-order chi connectivity index (χ1) is 11.0. The zero-order valence-electron chi connectivity index (χ0n) is 11.5. The molecule has 3 aromatic rings. The van der Waals surface area contributed by atoms with Gasteiger partial charge in [0.15, 0.2) is 4.96 Å². The Balaban J connectivity index is 1.99. The molecule has 8 heteroatoms. The number of halogens is 2. The van der Waals surface area contributed by atoms with E-state index >= 15 is 0 Å². The number of nitrogens with one attached hydrogen (secondary N) is 1. The van der Waals surface area contributed by atoms with E-state index in [1.165, 1.54) is 11.3 Å². The molecule has 5 nitrogen and oxygen atoms in total. The Bertz CT molecular complexity index is 1010. The molecule has 1 amide bonds. The zero-order valence-corrected chi connectivity index (χ0v) is 13.9. The minimum Gasteiger partial charge on any atom is -0.311 e. The molecule has 1 aliphatic heterocycles. The van der Waals surface area contributed by atoms with Gasteiger partial charge in [-0.1, -0.05) is 29.3 Å². The van der Waals surface area contributed by atoms with Crippen molar-refractivity contribution in [1.82, 2.24) is 9.38 Å². The fraction of sp³-hybridized carbons (Fsp3) is 0.133. The number of nitrogens with zero attached hydrogens (tertiary/aromatic N) is 2. The van der Waals surface area contributed by atoms with E-state index in [9.17, 15) is 9.59 Å². The highest BCUT2D eigenvalue weighted by Crippen LogP contribution is 2.37. The molecule has 0 saturated carbocycles. The number of rotatable bonds is 1. The molecule has 1 aliphatic rings. The number of hydrogen-bond donors (Lipinski definition) is 1. The molecule has 1 N–H and O–H groups in total. The Morgan fingerprint density at radius 2 is 2.09 bits per heavy atom. The predicted octanol–water partition coefficient (Wildman–Crippen LogP) is 3.54. The van der Waals surface area contributed by atoms with Crippen LogP contribution < -0.4 is 10.9 Å². The second-order valence-corrected chi connectivity index (χ2v) is 6.90. The molecular formula is C15H9Cl2N3O2S. The monoisotopic (exact) mass is 365 g/mol. The summed E-state index contributed by atoms with van der Waals surface area (Å²) in [6, 6.07) is 5.14. The van der Waals surface area contributed by atoms with Gasteiger partial charge in [0.2, 0.25) is 5.91 Å². The second-order valence-electron chi connectivity index (χ2n) is 5.21. The number of amides is 1. The predicted molar refractivity (Wildman–Crippen MR) is 90.9 cm³/mol. The fourth-order valence-corrected chi connectivity index (χ4v) is 3.84. The number of anilines is 1. The molecule has 1 atom stereocenters. The Morgan fingerprint density at radius 3 is 2.87 bits per heavy atom. The normalized spacial score (nSPS) is 17.1. The highest BCUT2D eigenvalue weighted by atomic mass is 35.5. The van der Waals surface area contributed by atoms with Gasteiger partial charge in [0.1, 0.15) is 5.82 Å². The lowest BCUT2D eigenvalue weighted by molar-refractivity contribution is -0.116. The van der Waals surface area contributed by atoms with Crippen LogP contribution in [0.5, 0.6) is 0 Å². The van der Waals surface area contributed by atoms with E-state index in [2.05, 4.69) is 10.3 Å². The van der Waals surface area contributed by atoms with Crippen LogP contribution in [0, 0.1) is 0 Å². The number of thiazole rings is 1. The van der Waals surface area contributed by atoms with Crippen LogP contribution in [0.3, 0.4) is 0 Å². The summed E-state index contributed by atoms with van der Waals surface area (Å²) in [5.41, 5.74) is 0.905. The van der Waals surface area contributed by atoms with Crippen molar-refractivity contribution in [3.05, 3.63) is 61.3 Å². The largest absolute Gasteiger partial charge is 0.311 e. The van der Waals surface area contributed by atoms with Crippen LogP contribution in [0.4, 0.5) is 5.82 Å². The van der Waals surface area contributed by atoms with Crippen molar-refractivity contribution in [3.63, 3.8) is 0 Å². The van der Waals surface area contributed by atoms with Crippen LogP contribution in [0.2, 0.25) is 10.0 Å². The van der Waals surface area contributed by atoms with Gasteiger partial charge in [-0.25, -0.2) is 0 Å². The Labute approximate surface area is 144 Å². The molecule has 3 heterocycles. The lowest BCUT2D eigenvalue weighted by atomic mass is 9.87. The summed E-state index contributed by atoms with van der Waals surface area (Å²) in [5.74, 6) is -0.0712. The number of carbonyl (C=O) groups excluding carboxylic acids is 1. The molecule has 0 fully saturated rings. The van der Waals surface area contributed by atoms with E-state index in [0.29, 0.717) is 26.4 Å². The lowest BCUT2D eigenvalue weighted by Gasteiger charge is -2.25. The topological polar surface area (TPSA) is 63.5 Å². The Hall–Kier alpha value is -1.89. The van der Waals surface area contributed by atoms with Crippen LogP contribution in [-0.4, -0.2) is 15.3 Å². The Morgan fingerprint density at radius 1 is 1.26 bits per heavy atom. The first-order valence-electron chi connectivity index (χ1n) is 6.79. The average molecular weight is 366 g/mol. The van der Waals surface area contributed by atoms with Crippen LogP contribution in [0.25, 0.3) is 4.96 Å². The van der Waals surface area contributed by atoms with Crippen molar-refractivity contribution in [2.75, 3.05) is 5.32 Å². The minimum atomic E-state index is -0.398. The number of benzene rings is 1. The number of fused-ring (bicyclic) bond motifs is 3. The third-order valence-corrected chi connectivity index (χ3v) is 5.35. The quantitative estimate of drug-likeness (QED) is 0.717. The zero-order chi connectivity index (χ0) is 16.1. The molecule has 23 heavy (non-hydrogen) atoms. The molecular weight excluding hydrogens is 357 g/mol. The molecule has 0 spiro atoms. The summed E-state index contributed by atoms with van der Waals surface area (Å²) in [7, 11) is 0. The summed E-state index contributed by atoms with van der Waals surface area (Å²) >= 11 is 13.4. The van der Waals surface area contributed by atoms with Crippen LogP contribution >= 0.6 is 34.5 Å². The Kier molecular flexibility index (Phi) is 3.41. The van der Waals surface area contributed by atoms with Gasteiger partial charge in [-0.15, -0.1) is 11.3 Å². The maximum atomic E-state index is 12.5. The lowest BCUT2D eigenvalue weighted by Crippen LogP contribution is -2.31. The van der Waals surface area contributed by atoms with Gasteiger partial charge < -0.3 is 5.32 Å². The third kappa shape index (κ3) is 2.34. The van der Waals surface area contributed by atoms with Gasteiger partial charge in [0.25, 0.3) is 5.56 Å². The van der Waals surface area contributed by atoms with Crippen molar-refractivity contribution in [1.29, 1.82) is 0 Å². The molecule has 116 valence electrons. The average Bonchev–Trinajstić information content (AvgIpc) is 2.97.